The van der Waals surface area contributed by atoms with Crippen LogP contribution < -0.4 is 0 Å². The summed E-state index contributed by atoms with van der Waals surface area (Å²) in [6, 6.07) is 0. The van der Waals surface area contributed by atoms with Crippen molar-refractivity contribution in [2.75, 3.05) is 13.2 Å². The Morgan fingerprint density at radius 2 is 1.83 bits per heavy atom. The Hall–Kier alpha value is -1.12. The molecule has 0 bridgehead atoms. The standard InChI is InChI=1S/C18H32O4Si/c1-8-9-12-21-17(20)15(2)14-16(19)11-10-13-22-23(6,7)18(3,4)5/h15H,8-9,12-14H2,1-7H3. The van der Waals surface area contributed by atoms with Crippen molar-refractivity contribution in [2.45, 2.75) is 72.0 Å². The quantitative estimate of drug-likeness (QED) is 0.221. The zero-order valence-electron chi connectivity index (χ0n) is 15.7. The predicted octanol–water partition coefficient (Wildman–Crippen LogP) is 3.95. The highest BCUT2D eigenvalue weighted by molar-refractivity contribution is 6.74. The summed E-state index contributed by atoms with van der Waals surface area (Å²) < 4.78 is 11.0. The second-order valence-corrected chi connectivity index (χ2v) is 12.2. The molecule has 0 N–H and O–H groups in total. The molecule has 0 aliphatic rings. The number of hydrogen-bond donors (Lipinski definition) is 0. The van der Waals surface area contributed by atoms with Gasteiger partial charge in [0.25, 0.3) is 0 Å². The molecule has 0 spiro atoms. The molecule has 0 fully saturated rings. The number of unbranched alkanes of at least 4 members (excludes halogenated alkanes) is 1. The Bertz CT molecular complexity index is 452. The molecule has 1 unspecified atom stereocenters. The smallest absolute Gasteiger partial charge is 0.309 e. The van der Waals surface area contributed by atoms with Crippen LogP contribution in [0.2, 0.25) is 18.1 Å². The fourth-order valence-electron chi connectivity index (χ4n) is 1.44. The molecule has 132 valence electrons. The number of hydrogen-bond acceptors (Lipinski definition) is 4. The van der Waals surface area contributed by atoms with Crippen LogP contribution in [0.1, 0.15) is 53.9 Å². The molecule has 0 amide bonds. The van der Waals surface area contributed by atoms with Gasteiger partial charge in [0.15, 0.2) is 8.32 Å². The molecule has 0 rings (SSSR count). The summed E-state index contributed by atoms with van der Waals surface area (Å²) in [5.74, 6) is 4.31. The third-order valence-corrected chi connectivity index (χ3v) is 8.65. The molecule has 0 saturated carbocycles. The van der Waals surface area contributed by atoms with Crippen LogP contribution >= 0.6 is 0 Å². The Kier molecular flexibility index (Phi) is 9.41. The van der Waals surface area contributed by atoms with Gasteiger partial charge in [-0.3, -0.25) is 9.59 Å². The van der Waals surface area contributed by atoms with Crippen molar-refractivity contribution in [3.63, 3.8) is 0 Å². The Labute approximate surface area is 142 Å². The lowest BCUT2D eigenvalue weighted by Gasteiger charge is -2.35. The fourth-order valence-corrected chi connectivity index (χ4v) is 2.31. The number of carbonyl (C=O) groups is 2. The first-order chi connectivity index (χ1) is 10.5. The summed E-state index contributed by atoms with van der Waals surface area (Å²) in [5, 5.41) is 0.120. The van der Waals surface area contributed by atoms with Gasteiger partial charge in [0.1, 0.15) is 0 Å². The molecule has 5 heteroatoms. The van der Waals surface area contributed by atoms with E-state index in [0.29, 0.717) is 6.61 Å². The summed E-state index contributed by atoms with van der Waals surface area (Å²) in [6.07, 6.45) is 1.91. The number of ether oxygens (including phenoxy) is 1. The molecule has 1 atom stereocenters. The van der Waals surface area contributed by atoms with Gasteiger partial charge < -0.3 is 9.16 Å². The fraction of sp³-hybridized carbons (Fsp3) is 0.778. The zero-order chi connectivity index (χ0) is 18.1. The SMILES string of the molecule is CCCCOC(=O)C(C)CC(=O)C#CCO[Si](C)(C)C(C)(C)C. The predicted molar refractivity (Wildman–Crippen MR) is 95.6 cm³/mol. The molecule has 0 aromatic carbocycles. The molecule has 0 aliphatic heterocycles. The minimum atomic E-state index is -1.83. The summed E-state index contributed by atoms with van der Waals surface area (Å²) >= 11 is 0. The maximum absolute atomic E-state index is 11.8. The minimum absolute atomic E-state index is 0.0953. The highest BCUT2D eigenvalue weighted by atomic mass is 28.4. The van der Waals surface area contributed by atoms with Crippen LogP contribution in [0, 0.1) is 17.8 Å². The lowest BCUT2D eigenvalue weighted by atomic mass is 10.1. The van der Waals surface area contributed by atoms with E-state index in [0.717, 1.165) is 12.8 Å². The molecule has 0 aliphatic carbocycles. The van der Waals surface area contributed by atoms with E-state index in [9.17, 15) is 9.59 Å². The second-order valence-electron chi connectivity index (χ2n) is 7.40. The average molecular weight is 341 g/mol. The van der Waals surface area contributed by atoms with Gasteiger partial charge in [0.2, 0.25) is 5.78 Å². The molecule has 23 heavy (non-hydrogen) atoms. The third-order valence-electron chi connectivity index (χ3n) is 4.18. The molecular formula is C18H32O4Si. The van der Waals surface area contributed by atoms with Gasteiger partial charge in [-0.1, -0.05) is 47.0 Å². The van der Waals surface area contributed by atoms with Gasteiger partial charge in [0, 0.05) is 6.42 Å². The lowest BCUT2D eigenvalue weighted by molar-refractivity contribution is -0.149. The van der Waals surface area contributed by atoms with E-state index in [4.69, 9.17) is 9.16 Å². The number of carbonyl (C=O) groups excluding carboxylic acids is 2. The van der Waals surface area contributed by atoms with E-state index < -0.39 is 14.2 Å². The van der Waals surface area contributed by atoms with E-state index in [1.165, 1.54) is 0 Å². The van der Waals surface area contributed by atoms with E-state index in [1.807, 2.05) is 6.92 Å². The van der Waals surface area contributed by atoms with Crippen LogP contribution in [-0.4, -0.2) is 33.3 Å². The lowest BCUT2D eigenvalue weighted by Crippen LogP contribution is -2.40. The Morgan fingerprint density at radius 3 is 2.35 bits per heavy atom. The van der Waals surface area contributed by atoms with Gasteiger partial charge >= 0.3 is 5.97 Å². The molecule has 4 nitrogen and oxygen atoms in total. The first-order valence-corrected chi connectivity index (χ1v) is 11.2. The van der Waals surface area contributed by atoms with Crippen molar-refractivity contribution >= 4 is 20.1 Å². The van der Waals surface area contributed by atoms with Crippen molar-refractivity contribution < 1.29 is 18.8 Å². The first kappa shape index (κ1) is 21.9. The summed E-state index contributed by atoms with van der Waals surface area (Å²) in [7, 11) is -1.83. The Balaban J connectivity index is 4.24. The molecule has 0 aromatic rings. The zero-order valence-corrected chi connectivity index (χ0v) is 16.7. The molecule has 0 aromatic heterocycles. The van der Waals surface area contributed by atoms with Gasteiger partial charge in [0.05, 0.1) is 19.1 Å². The Morgan fingerprint density at radius 1 is 1.22 bits per heavy atom. The van der Waals surface area contributed by atoms with E-state index >= 15 is 0 Å². The number of Topliss-reactive ketones (excluding diaryl/α,β-unsaturated/α-hetero) is 1. The molecule has 0 radical (unpaired) electrons. The van der Waals surface area contributed by atoms with Crippen molar-refractivity contribution in [1.82, 2.24) is 0 Å². The average Bonchev–Trinajstić information content (AvgIpc) is 2.42. The largest absolute Gasteiger partial charge is 0.465 e. The first-order valence-electron chi connectivity index (χ1n) is 8.33. The van der Waals surface area contributed by atoms with Gasteiger partial charge in [-0.05, 0) is 30.5 Å². The van der Waals surface area contributed by atoms with Crippen LogP contribution in [0.5, 0.6) is 0 Å². The van der Waals surface area contributed by atoms with Crippen LogP contribution in [0.4, 0.5) is 0 Å². The third kappa shape index (κ3) is 8.92. The molecular weight excluding hydrogens is 308 g/mol. The highest BCUT2D eigenvalue weighted by Gasteiger charge is 2.36. The van der Waals surface area contributed by atoms with Crippen LogP contribution in [0.25, 0.3) is 0 Å². The van der Waals surface area contributed by atoms with E-state index in [1.54, 1.807) is 6.92 Å². The van der Waals surface area contributed by atoms with E-state index in [-0.39, 0.29) is 29.8 Å². The maximum Gasteiger partial charge on any atom is 0.309 e. The van der Waals surface area contributed by atoms with Crippen molar-refractivity contribution in [2.24, 2.45) is 5.92 Å². The van der Waals surface area contributed by atoms with Crippen molar-refractivity contribution in [3.05, 3.63) is 0 Å². The summed E-state index contributed by atoms with van der Waals surface area (Å²) in [4.78, 5) is 23.5. The summed E-state index contributed by atoms with van der Waals surface area (Å²) in [6.45, 7) is 15.2. The summed E-state index contributed by atoms with van der Waals surface area (Å²) in [5.41, 5.74) is 0. The van der Waals surface area contributed by atoms with Gasteiger partial charge in [-0.2, -0.15) is 0 Å². The van der Waals surface area contributed by atoms with Crippen LogP contribution in [-0.2, 0) is 18.8 Å². The molecule has 0 heterocycles. The topological polar surface area (TPSA) is 52.6 Å². The van der Waals surface area contributed by atoms with Crippen LogP contribution in [0.3, 0.4) is 0 Å². The van der Waals surface area contributed by atoms with Crippen molar-refractivity contribution in [3.8, 4) is 11.8 Å². The van der Waals surface area contributed by atoms with Gasteiger partial charge in [-0.15, -0.1) is 0 Å². The molecule has 0 saturated heterocycles. The second kappa shape index (κ2) is 9.89. The van der Waals surface area contributed by atoms with Crippen LogP contribution in [0.15, 0.2) is 0 Å². The minimum Gasteiger partial charge on any atom is -0.465 e. The maximum atomic E-state index is 11.8. The highest BCUT2D eigenvalue weighted by Crippen LogP contribution is 2.36. The van der Waals surface area contributed by atoms with E-state index in [2.05, 4.69) is 45.7 Å². The number of rotatable bonds is 8. The monoisotopic (exact) mass is 340 g/mol. The number of ketones is 1. The van der Waals surface area contributed by atoms with Crippen molar-refractivity contribution in [1.29, 1.82) is 0 Å². The van der Waals surface area contributed by atoms with Gasteiger partial charge in [-0.25, -0.2) is 0 Å². The normalized spacial score (nSPS) is 13.0. The number of esters is 1.